The summed E-state index contributed by atoms with van der Waals surface area (Å²) >= 11 is 11.9. The monoisotopic (exact) mass is 292 g/mol. The van der Waals surface area contributed by atoms with Crippen molar-refractivity contribution in [3.8, 4) is 0 Å². The van der Waals surface area contributed by atoms with Crippen molar-refractivity contribution >= 4 is 28.9 Å². The summed E-state index contributed by atoms with van der Waals surface area (Å²) in [5.41, 5.74) is 2.67. The van der Waals surface area contributed by atoms with E-state index in [1.807, 2.05) is 26.3 Å². The van der Waals surface area contributed by atoms with Crippen molar-refractivity contribution in [2.24, 2.45) is 0 Å². The van der Waals surface area contributed by atoms with Crippen LogP contribution >= 0.6 is 23.2 Å². The molecule has 6 heteroatoms. The number of hydrogen-bond acceptors (Lipinski definition) is 4. The fourth-order valence-corrected chi connectivity index (χ4v) is 2.00. The van der Waals surface area contributed by atoms with Crippen molar-refractivity contribution in [3.63, 3.8) is 0 Å². The molecule has 0 aliphatic carbocycles. The SMILES string of the molecule is CC(C)(C)NCC(O)c1cc(Cl)c(NO)c(Cl)c1. The molecule has 0 saturated heterocycles. The third-order valence-electron chi connectivity index (χ3n) is 2.39. The molecule has 0 saturated carbocycles. The lowest BCUT2D eigenvalue weighted by Crippen LogP contribution is -2.38. The van der Waals surface area contributed by atoms with Gasteiger partial charge in [0.15, 0.2) is 0 Å². The first kappa shape index (κ1) is 15.5. The number of benzene rings is 1. The standard InChI is InChI=1S/C12H18Cl2N2O2/c1-12(2,3)15-6-10(17)7-4-8(13)11(16-18)9(14)5-7/h4-5,10,15-18H,6H2,1-3H3. The van der Waals surface area contributed by atoms with Gasteiger partial charge in [-0.2, -0.15) is 0 Å². The van der Waals surface area contributed by atoms with Gasteiger partial charge < -0.3 is 10.4 Å². The number of nitrogens with one attached hydrogen (secondary N) is 2. The van der Waals surface area contributed by atoms with Crippen molar-refractivity contribution in [1.82, 2.24) is 5.32 Å². The second-order valence-corrected chi connectivity index (χ2v) is 5.93. The van der Waals surface area contributed by atoms with Gasteiger partial charge in [0, 0.05) is 12.1 Å². The summed E-state index contributed by atoms with van der Waals surface area (Å²) in [7, 11) is 0. The Bertz CT molecular complexity index is 396. The highest BCUT2D eigenvalue weighted by molar-refractivity contribution is 6.39. The molecule has 18 heavy (non-hydrogen) atoms. The smallest absolute Gasteiger partial charge is 0.0974 e. The number of aliphatic hydroxyl groups excluding tert-OH is 1. The molecule has 1 aromatic carbocycles. The second kappa shape index (κ2) is 6.08. The van der Waals surface area contributed by atoms with Gasteiger partial charge in [-0.15, -0.1) is 0 Å². The van der Waals surface area contributed by atoms with Gasteiger partial charge in [0.1, 0.15) is 0 Å². The zero-order valence-electron chi connectivity index (χ0n) is 10.6. The van der Waals surface area contributed by atoms with Gasteiger partial charge in [-0.25, -0.2) is 0 Å². The average Bonchev–Trinajstić information content (AvgIpc) is 2.24. The highest BCUT2D eigenvalue weighted by atomic mass is 35.5. The molecule has 1 atom stereocenters. The van der Waals surface area contributed by atoms with Crippen molar-refractivity contribution < 1.29 is 10.3 Å². The summed E-state index contributed by atoms with van der Waals surface area (Å²) in [6.45, 7) is 6.43. The Morgan fingerprint density at radius 2 is 1.72 bits per heavy atom. The summed E-state index contributed by atoms with van der Waals surface area (Å²) in [6, 6.07) is 3.14. The van der Waals surface area contributed by atoms with Gasteiger partial charge in [0.05, 0.1) is 21.8 Å². The van der Waals surface area contributed by atoms with Gasteiger partial charge in [-0.1, -0.05) is 23.2 Å². The van der Waals surface area contributed by atoms with Crippen LogP contribution in [0.5, 0.6) is 0 Å². The second-order valence-electron chi connectivity index (χ2n) is 5.12. The van der Waals surface area contributed by atoms with Crippen LogP contribution in [0.15, 0.2) is 12.1 Å². The number of halogens is 2. The molecule has 1 unspecified atom stereocenters. The average molecular weight is 293 g/mol. The first-order valence-electron chi connectivity index (χ1n) is 5.56. The summed E-state index contributed by atoms with van der Waals surface area (Å²) in [5, 5.41) is 22.6. The molecule has 1 aromatic rings. The van der Waals surface area contributed by atoms with Crippen LogP contribution in [0.25, 0.3) is 0 Å². The topological polar surface area (TPSA) is 64.5 Å². The minimum Gasteiger partial charge on any atom is -0.387 e. The highest BCUT2D eigenvalue weighted by Gasteiger charge is 2.16. The molecular formula is C12H18Cl2N2O2. The van der Waals surface area contributed by atoms with Crippen molar-refractivity contribution in [1.29, 1.82) is 0 Å². The maximum absolute atomic E-state index is 10.0. The van der Waals surface area contributed by atoms with Crippen LogP contribution in [0.2, 0.25) is 10.0 Å². The van der Waals surface area contributed by atoms with Crippen LogP contribution in [0.1, 0.15) is 32.4 Å². The predicted octanol–water partition coefficient (Wildman–Crippen LogP) is 3.22. The summed E-state index contributed by atoms with van der Waals surface area (Å²) in [4.78, 5) is 0. The van der Waals surface area contributed by atoms with E-state index in [0.717, 1.165) is 0 Å². The Labute approximate surface area is 117 Å². The fraction of sp³-hybridized carbons (Fsp3) is 0.500. The molecule has 1 rings (SSSR count). The van der Waals surface area contributed by atoms with Crippen LogP contribution in [0.4, 0.5) is 5.69 Å². The molecule has 0 aromatic heterocycles. The molecule has 0 aliphatic heterocycles. The van der Waals surface area contributed by atoms with E-state index >= 15 is 0 Å². The van der Waals surface area contributed by atoms with Crippen LogP contribution < -0.4 is 10.8 Å². The van der Waals surface area contributed by atoms with Crippen molar-refractivity contribution in [3.05, 3.63) is 27.7 Å². The Hall–Kier alpha value is -0.520. The molecule has 102 valence electrons. The first-order valence-corrected chi connectivity index (χ1v) is 6.32. The van der Waals surface area contributed by atoms with Gasteiger partial charge in [0.2, 0.25) is 0 Å². The quantitative estimate of drug-likeness (QED) is 0.644. The first-order chi connectivity index (χ1) is 8.24. The van der Waals surface area contributed by atoms with Gasteiger partial charge in [-0.05, 0) is 38.5 Å². The highest BCUT2D eigenvalue weighted by Crippen LogP contribution is 2.33. The van der Waals surface area contributed by atoms with E-state index in [2.05, 4.69) is 5.32 Å². The molecule has 4 N–H and O–H groups in total. The fourth-order valence-electron chi connectivity index (χ4n) is 1.41. The molecule has 0 amide bonds. The lowest BCUT2D eigenvalue weighted by molar-refractivity contribution is 0.163. The van der Waals surface area contributed by atoms with Gasteiger partial charge in [-0.3, -0.25) is 10.7 Å². The minimum absolute atomic E-state index is 0.0822. The summed E-state index contributed by atoms with van der Waals surface area (Å²) in [5.74, 6) is 0. The lowest BCUT2D eigenvalue weighted by atomic mass is 10.1. The minimum atomic E-state index is -0.716. The van der Waals surface area contributed by atoms with E-state index in [9.17, 15) is 5.11 Å². The van der Waals surface area contributed by atoms with Crippen molar-refractivity contribution in [2.75, 3.05) is 12.0 Å². The van der Waals surface area contributed by atoms with Crippen molar-refractivity contribution in [2.45, 2.75) is 32.4 Å². The van der Waals surface area contributed by atoms with E-state index < -0.39 is 6.10 Å². The molecule has 0 bridgehead atoms. The maximum atomic E-state index is 10.0. The zero-order chi connectivity index (χ0) is 13.9. The number of β-amino-alcohol motifs (C(OH)–C–C–N with tert-alkyl or cyclic N) is 1. The Morgan fingerprint density at radius 1 is 1.22 bits per heavy atom. The number of aliphatic hydroxyl groups is 1. The third-order valence-corrected chi connectivity index (χ3v) is 2.98. The molecular weight excluding hydrogens is 275 g/mol. The molecule has 4 nitrogen and oxygen atoms in total. The van der Waals surface area contributed by atoms with E-state index in [1.165, 1.54) is 0 Å². The number of anilines is 1. The van der Waals surface area contributed by atoms with Crippen LogP contribution in [-0.4, -0.2) is 22.4 Å². The van der Waals surface area contributed by atoms with E-state index in [4.69, 9.17) is 28.4 Å². The maximum Gasteiger partial charge on any atom is 0.0974 e. The van der Waals surface area contributed by atoms with Crippen LogP contribution in [0, 0.1) is 0 Å². The Morgan fingerprint density at radius 3 is 2.11 bits per heavy atom. The Balaban J connectivity index is 2.84. The van der Waals surface area contributed by atoms with Gasteiger partial charge in [0.25, 0.3) is 0 Å². The third kappa shape index (κ3) is 4.30. The largest absolute Gasteiger partial charge is 0.387 e. The predicted molar refractivity (Wildman–Crippen MR) is 74.6 cm³/mol. The summed E-state index contributed by atoms with van der Waals surface area (Å²) < 4.78 is 0. The van der Waals surface area contributed by atoms with Crippen LogP contribution in [-0.2, 0) is 0 Å². The van der Waals surface area contributed by atoms with E-state index in [-0.39, 0.29) is 21.3 Å². The zero-order valence-corrected chi connectivity index (χ0v) is 12.1. The summed E-state index contributed by atoms with van der Waals surface area (Å²) in [6.07, 6.45) is -0.716. The normalized spacial score (nSPS) is 13.5. The lowest BCUT2D eigenvalue weighted by Gasteiger charge is -2.23. The molecule has 0 aliphatic rings. The van der Waals surface area contributed by atoms with E-state index in [1.54, 1.807) is 12.1 Å². The van der Waals surface area contributed by atoms with Gasteiger partial charge >= 0.3 is 0 Å². The molecule has 0 fully saturated rings. The van der Waals surface area contributed by atoms with Crippen LogP contribution in [0.3, 0.4) is 0 Å². The van der Waals surface area contributed by atoms with E-state index in [0.29, 0.717) is 12.1 Å². The molecule has 0 radical (unpaired) electrons. The number of rotatable bonds is 4. The molecule has 0 heterocycles. The molecule has 0 spiro atoms. The number of hydrogen-bond donors (Lipinski definition) is 4. The Kier molecular flexibility index (Phi) is 5.25.